The molecule has 0 spiro atoms. The fourth-order valence-corrected chi connectivity index (χ4v) is 3.97. The second-order valence-corrected chi connectivity index (χ2v) is 7.53. The van der Waals surface area contributed by atoms with Crippen molar-refractivity contribution in [2.75, 3.05) is 0 Å². The molecule has 0 bridgehead atoms. The molecule has 0 aromatic rings. The highest BCUT2D eigenvalue weighted by Crippen LogP contribution is 2.49. The molecule has 27 heavy (non-hydrogen) atoms. The van der Waals surface area contributed by atoms with Crippen molar-refractivity contribution in [1.29, 1.82) is 0 Å². The predicted octanol–water partition coefficient (Wildman–Crippen LogP) is 2.66. The van der Waals surface area contributed by atoms with Gasteiger partial charge in [0.1, 0.15) is 6.10 Å². The molecule has 1 saturated heterocycles. The van der Waals surface area contributed by atoms with E-state index in [1.165, 1.54) is 6.92 Å². The first-order valence-electron chi connectivity index (χ1n) is 8.98. The number of allylic oxidation sites excluding steroid dienone is 2. The van der Waals surface area contributed by atoms with Crippen LogP contribution in [0.25, 0.3) is 0 Å². The fourth-order valence-electron chi connectivity index (χ4n) is 3.97. The molecule has 1 heterocycles. The maximum atomic E-state index is 12.4. The van der Waals surface area contributed by atoms with Crippen molar-refractivity contribution in [3.63, 3.8) is 0 Å². The van der Waals surface area contributed by atoms with Gasteiger partial charge in [0.25, 0.3) is 0 Å². The van der Waals surface area contributed by atoms with Gasteiger partial charge in [0.2, 0.25) is 0 Å². The van der Waals surface area contributed by atoms with Crippen LogP contribution in [0.2, 0.25) is 0 Å². The molecule has 0 N–H and O–H groups in total. The van der Waals surface area contributed by atoms with Crippen LogP contribution < -0.4 is 0 Å². The highest BCUT2D eigenvalue weighted by molar-refractivity contribution is 5.91. The van der Waals surface area contributed by atoms with E-state index >= 15 is 0 Å². The minimum absolute atomic E-state index is 0.215. The van der Waals surface area contributed by atoms with Gasteiger partial charge in [-0.25, -0.2) is 4.79 Å². The lowest BCUT2D eigenvalue weighted by atomic mass is 9.82. The zero-order valence-electron chi connectivity index (χ0n) is 16.0. The van der Waals surface area contributed by atoms with Crippen LogP contribution in [0.3, 0.4) is 0 Å². The number of carbonyl (C=O) groups is 3. The average molecular weight is 372 g/mol. The van der Waals surface area contributed by atoms with Gasteiger partial charge in [-0.3, -0.25) is 9.59 Å². The molecule has 1 fully saturated rings. The summed E-state index contributed by atoms with van der Waals surface area (Å²) in [6.45, 7) is 14.5. The Bertz CT molecular complexity index is 799. The zero-order valence-corrected chi connectivity index (χ0v) is 16.0. The second-order valence-electron chi connectivity index (χ2n) is 7.53. The van der Waals surface area contributed by atoms with Gasteiger partial charge in [0.05, 0.1) is 11.8 Å². The lowest BCUT2D eigenvalue weighted by molar-refractivity contribution is -0.171. The van der Waals surface area contributed by atoms with Gasteiger partial charge in [-0.15, -0.1) is 0 Å². The van der Waals surface area contributed by atoms with Crippen LogP contribution in [0.15, 0.2) is 47.6 Å². The van der Waals surface area contributed by atoms with Crippen molar-refractivity contribution >= 4 is 17.9 Å². The minimum atomic E-state index is -0.896. The molecule has 6 heteroatoms. The number of rotatable bonds is 3. The zero-order chi connectivity index (χ0) is 20.0. The Morgan fingerprint density at radius 3 is 2.44 bits per heavy atom. The molecule has 1 aliphatic heterocycles. The quantitative estimate of drug-likeness (QED) is 0.431. The van der Waals surface area contributed by atoms with E-state index in [2.05, 4.69) is 13.2 Å². The van der Waals surface area contributed by atoms with Gasteiger partial charge in [-0.1, -0.05) is 39.2 Å². The number of esters is 3. The maximum absolute atomic E-state index is 12.4. The van der Waals surface area contributed by atoms with E-state index in [0.717, 1.165) is 16.7 Å². The number of carbonyl (C=O) groups excluding carboxylic acids is 3. The van der Waals surface area contributed by atoms with Gasteiger partial charge in [-0.2, -0.15) is 0 Å². The molecule has 144 valence electrons. The lowest BCUT2D eigenvalue weighted by Crippen LogP contribution is -2.44. The molecule has 0 unspecified atom stereocenters. The summed E-state index contributed by atoms with van der Waals surface area (Å²) in [6.07, 6.45) is 1.41. The fraction of sp³-hybridized carbons (Fsp3) is 0.476. The predicted molar refractivity (Wildman–Crippen MR) is 97.3 cm³/mol. The van der Waals surface area contributed by atoms with E-state index in [4.69, 9.17) is 14.2 Å². The second kappa shape index (κ2) is 6.83. The Balaban J connectivity index is 2.15. The van der Waals surface area contributed by atoms with Crippen molar-refractivity contribution in [2.24, 2.45) is 17.8 Å². The minimum Gasteiger partial charge on any atom is -0.457 e. The third-order valence-corrected chi connectivity index (χ3v) is 5.35. The van der Waals surface area contributed by atoms with Gasteiger partial charge in [-0.05, 0) is 23.6 Å². The van der Waals surface area contributed by atoms with Crippen LogP contribution in [-0.2, 0) is 28.6 Å². The van der Waals surface area contributed by atoms with E-state index in [1.807, 2.05) is 19.1 Å². The Hall–Kier alpha value is -2.63. The molecule has 6 nitrogen and oxygen atoms in total. The van der Waals surface area contributed by atoms with E-state index < -0.39 is 42.1 Å². The van der Waals surface area contributed by atoms with Crippen molar-refractivity contribution in [3.8, 4) is 0 Å². The first kappa shape index (κ1) is 19.1. The molecule has 5 atom stereocenters. The Morgan fingerprint density at radius 1 is 1.19 bits per heavy atom. The summed E-state index contributed by atoms with van der Waals surface area (Å²) in [5.74, 6) is -2.76. The van der Waals surface area contributed by atoms with E-state index in [9.17, 15) is 14.4 Å². The monoisotopic (exact) mass is 372 g/mol. The summed E-state index contributed by atoms with van der Waals surface area (Å²) in [5.41, 5.74) is 2.63. The first-order chi connectivity index (χ1) is 12.6. The number of ether oxygens (including phenoxy) is 3. The van der Waals surface area contributed by atoms with Crippen LogP contribution in [-0.4, -0.2) is 36.2 Å². The van der Waals surface area contributed by atoms with E-state index in [0.29, 0.717) is 0 Å². The van der Waals surface area contributed by atoms with E-state index in [-0.39, 0.29) is 17.4 Å². The van der Waals surface area contributed by atoms with Gasteiger partial charge >= 0.3 is 17.9 Å². The highest BCUT2D eigenvalue weighted by Gasteiger charge is 2.56. The largest absolute Gasteiger partial charge is 0.457 e. The summed E-state index contributed by atoms with van der Waals surface area (Å²) in [4.78, 5) is 36.5. The Kier molecular flexibility index (Phi) is 4.84. The molecule has 2 aliphatic carbocycles. The summed E-state index contributed by atoms with van der Waals surface area (Å²) in [6, 6.07) is 0. The van der Waals surface area contributed by atoms with Crippen LogP contribution in [0, 0.1) is 17.8 Å². The number of hydrogen-bond acceptors (Lipinski definition) is 6. The summed E-state index contributed by atoms with van der Waals surface area (Å²) >= 11 is 0. The van der Waals surface area contributed by atoms with Crippen molar-refractivity contribution < 1.29 is 28.6 Å². The van der Waals surface area contributed by atoms with Crippen LogP contribution in [0.5, 0.6) is 0 Å². The number of fused-ring (bicyclic) bond motifs is 3. The van der Waals surface area contributed by atoms with Crippen LogP contribution in [0.1, 0.15) is 27.7 Å². The van der Waals surface area contributed by atoms with Crippen LogP contribution in [0.4, 0.5) is 0 Å². The van der Waals surface area contributed by atoms with Gasteiger partial charge in [0, 0.05) is 18.4 Å². The Morgan fingerprint density at radius 2 is 1.85 bits per heavy atom. The summed E-state index contributed by atoms with van der Waals surface area (Å²) < 4.78 is 16.9. The van der Waals surface area contributed by atoms with Crippen molar-refractivity contribution in [2.45, 2.75) is 46.0 Å². The van der Waals surface area contributed by atoms with Gasteiger partial charge in [0.15, 0.2) is 12.2 Å². The molecular formula is C21H24O6. The SMILES string of the molecule is C=C1C=CC2=C(C)[C@H](OC(C)=O)[C@H](OC(=O)C(C)C)[C@@H]3C(=C)C(=O)O[C@@H]3[C@@H]12. The number of hydrogen-bond donors (Lipinski definition) is 0. The normalized spacial score (nSPS) is 32.2. The highest BCUT2D eigenvalue weighted by atomic mass is 16.6. The third kappa shape index (κ3) is 3.13. The van der Waals surface area contributed by atoms with Crippen molar-refractivity contribution in [3.05, 3.63) is 47.6 Å². The smallest absolute Gasteiger partial charge is 0.334 e. The molecule has 0 radical (unpaired) electrons. The first-order valence-corrected chi connectivity index (χ1v) is 8.98. The molecule has 3 aliphatic rings. The van der Waals surface area contributed by atoms with Gasteiger partial charge < -0.3 is 14.2 Å². The third-order valence-electron chi connectivity index (χ3n) is 5.35. The summed E-state index contributed by atoms with van der Waals surface area (Å²) in [7, 11) is 0. The molecule has 0 saturated carbocycles. The maximum Gasteiger partial charge on any atom is 0.334 e. The standard InChI is InChI=1S/C21H24O6/c1-9(2)20(23)27-19-16-12(5)21(24)26-18(16)15-10(3)7-8-14(15)11(4)17(19)25-13(6)22/h7-9,15-19H,3,5H2,1-2,4,6H3/t15-,16+,17-,18+,19+/m0/s1. The van der Waals surface area contributed by atoms with Crippen LogP contribution >= 0.6 is 0 Å². The lowest BCUT2D eigenvalue weighted by Gasteiger charge is -2.32. The molecule has 3 rings (SSSR count). The molecule has 0 aromatic carbocycles. The average Bonchev–Trinajstić information content (AvgIpc) is 3.07. The molecule has 0 amide bonds. The van der Waals surface area contributed by atoms with Crippen molar-refractivity contribution in [1.82, 2.24) is 0 Å². The Labute approximate surface area is 158 Å². The summed E-state index contributed by atoms with van der Waals surface area (Å²) in [5, 5.41) is 0. The molecular weight excluding hydrogens is 348 g/mol. The topological polar surface area (TPSA) is 78.9 Å². The van der Waals surface area contributed by atoms with E-state index in [1.54, 1.807) is 13.8 Å². The molecule has 0 aromatic heterocycles.